The molecule has 0 aliphatic carbocycles. The fraction of sp³-hybridized carbons (Fsp3) is 0. The summed E-state index contributed by atoms with van der Waals surface area (Å²) in [6, 6.07) is 5.80. The molecule has 0 fully saturated rings. The van der Waals surface area contributed by atoms with E-state index in [1.54, 1.807) is 0 Å². The molecule has 1 heterocycles. The Labute approximate surface area is 122 Å². The second-order valence-electron chi connectivity index (χ2n) is 4.65. The van der Waals surface area contributed by atoms with Gasteiger partial charge in [0.2, 0.25) is 11.2 Å². The van der Waals surface area contributed by atoms with Gasteiger partial charge in [-0.15, -0.1) is 0 Å². The Hall–Kier alpha value is -3.35. The van der Waals surface area contributed by atoms with Crippen LogP contribution < -0.4 is 5.43 Å². The van der Waals surface area contributed by atoms with Gasteiger partial charge in [0.1, 0.15) is 11.3 Å². The smallest absolute Gasteiger partial charge is 0.235 e. The van der Waals surface area contributed by atoms with Crippen LogP contribution in [0.3, 0.4) is 0 Å². The molecule has 22 heavy (non-hydrogen) atoms. The molecule has 7 nitrogen and oxygen atoms in total. The largest absolute Gasteiger partial charge is 0.508 e. The van der Waals surface area contributed by atoms with Gasteiger partial charge in [-0.1, -0.05) is 0 Å². The van der Waals surface area contributed by atoms with E-state index in [0.717, 1.165) is 12.1 Å². The van der Waals surface area contributed by atoms with Crippen molar-refractivity contribution in [3.63, 3.8) is 0 Å². The third kappa shape index (κ3) is 1.96. The first-order valence-corrected chi connectivity index (χ1v) is 6.12. The second-order valence-corrected chi connectivity index (χ2v) is 4.65. The van der Waals surface area contributed by atoms with Crippen molar-refractivity contribution < 1.29 is 29.9 Å². The lowest BCUT2D eigenvalue weighted by Crippen LogP contribution is -2.02. The fourth-order valence-corrected chi connectivity index (χ4v) is 2.10. The molecule has 0 radical (unpaired) electrons. The van der Waals surface area contributed by atoms with Crippen LogP contribution >= 0.6 is 0 Å². The molecule has 0 unspecified atom stereocenters. The average molecular weight is 302 g/mol. The van der Waals surface area contributed by atoms with E-state index in [4.69, 9.17) is 4.42 Å². The standard InChI is InChI=1S/C15H10O7/c16-7-1-2-8-11(5-7)22-15(14(21)12(8)19)6-3-9(17)13(20)10(18)4-6/h1-5,16-18,20-21H. The summed E-state index contributed by atoms with van der Waals surface area (Å²) in [6.45, 7) is 0. The van der Waals surface area contributed by atoms with E-state index in [2.05, 4.69) is 0 Å². The van der Waals surface area contributed by atoms with Crippen molar-refractivity contribution in [2.75, 3.05) is 0 Å². The van der Waals surface area contributed by atoms with Gasteiger partial charge in [0, 0.05) is 11.6 Å². The van der Waals surface area contributed by atoms with Crippen molar-refractivity contribution in [3.05, 3.63) is 40.6 Å². The molecule has 0 amide bonds. The maximum atomic E-state index is 12.1. The van der Waals surface area contributed by atoms with Crippen molar-refractivity contribution in [2.24, 2.45) is 0 Å². The molecule has 5 N–H and O–H groups in total. The SMILES string of the molecule is O=c1c(O)c(-c2cc(O)c(O)c(O)c2)oc2cc(O)ccc12. The lowest BCUT2D eigenvalue weighted by atomic mass is 10.1. The molecule has 0 aliphatic rings. The minimum absolute atomic E-state index is 0.0184. The minimum atomic E-state index is -0.733. The average Bonchev–Trinajstić information content (AvgIpc) is 2.47. The van der Waals surface area contributed by atoms with E-state index in [1.807, 2.05) is 0 Å². The molecular weight excluding hydrogens is 292 g/mol. The zero-order chi connectivity index (χ0) is 16.0. The van der Waals surface area contributed by atoms with Gasteiger partial charge in [0.05, 0.1) is 5.39 Å². The number of aromatic hydroxyl groups is 5. The van der Waals surface area contributed by atoms with Crippen LogP contribution in [0.2, 0.25) is 0 Å². The van der Waals surface area contributed by atoms with E-state index in [-0.39, 0.29) is 28.0 Å². The minimum Gasteiger partial charge on any atom is -0.508 e. The summed E-state index contributed by atoms with van der Waals surface area (Å²) >= 11 is 0. The van der Waals surface area contributed by atoms with Gasteiger partial charge in [0.15, 0.2) is 23.0 Å². The predicted molar refractivity (Wildman–Crippen MR) is 76.2 cm³/mol. The van der Waals surface area contributed by atoms with Crippen LogP contribution in [0.25, 0.3) is 22.3 Å². The molecule has 0 spiro atoms. The van der Waals surface area contributed by atoms with Crippen LogP contribution in [0.1, 0.15) is 0 Å². The van der Waals surface area contributed by atoms with E-state index in [1.165, 1.54) is 18.2 Å². The van der Waals surface area contributed by atoms with Crippen LogP contribution in [-0.2, 0) is 0 Å². The number of phenols is 4. The highest BCUT2D eigenvalue weighted by Gasteiger charge is 2.18. The van der Waals surface area contributed by atoms with E-state index in [0.29, 0.717) is 0 Å². The van der Waals surface area contributed by atoms with Crippen molar-refractivity contribution in [2.45, 2.75) is 0 Å². The van der Waals surface area contributed by atoms with Crippen LogP contribution in [-0.4, -0.2) is 25.5 Å². The van der Waals surface area contributed by atoms with Gasteiger partial charge in [0.25, 0.3) is 0 Å². The lowest BCUT2D eigenvalue weighted by Gasteiger charge is -2.08. The first-order chi connectivity index (χ1) is 10.4. The summed E-state index contributed by atoms with van der Waals surface area (Å²) in [7, 11) is 0. The third-order valence-corrected chi connectivity index (χ3v) is 3.18. The summed E-state index contributed by atoms with van der Waals surface area (Å²) in [5.41, 5.74) is -0.735. The zero-order valence-corrected chi connectivity index (χ0v) is 10.9. The molecular formula is C15H10O7. The molecule has 1 aromatic heterocycles. The number of fused-ring (bicyclic) bond motifs is 1. The molecule has 0 atom stereocenters. The van der Waals surface area contributed by atoms with Gasteiger partial charge in [-0.3, -0.25) is 4.79 Å². The van der Waals surface area contributed by atoms with Crippen molar-refractivity contribution >= 4 is 11.0 Å². The quantitative estimate of drug-likeness (QED) is 0.434. The number of rotatable bonds is 1. The van der Waals surface area contributed by atoms with Crippen molar-refractivity contribution in [1.29, 1.82) is 0 Å². The zero-order valence-electron chi connectivity index (χ0n) is 10.9. The highest BCUT2D eigenvalue weighted by atomic mass is 16.4. The topological polar surface area (TPSA) is 131 Å². The van der Waals surface area contributed by atoms with E-state index >= 15 is 0 Å². The lowest BCUT2D eigenvalue weighted by molar-refractivity contribution is 0.368. The first kappa shape index (κ1) is 13.6. The van der Waals surface area contributed by atoms with Crippen molar-refractivity contribution in [3.8, 4) is 40.1 Å². The van der Waals surface area contributed by atoms with Crippen LogP contribution in [0.15, 0.2) is 39.5 Å². The Morgan fingerprint density at radius 1 is 0.818 bits per heavy atom. The van der Waals surface area contributed by atoms with E-state index < -0.39 is 28.4 Å². The molecule has 2 aromatic carbocycles. The molecule has 0 aliphatic heterocycles. The first-order valence-electron chi connectivity index (χ1n) is 6.12. The summed E-state index contributed by atoms with van der Waals surface area (Å²) in [4.78, 5) is 12.1. The number of hydrogen-bond acceptors (Lipinski definition) is 7. The summed E-state index contributed by atoms with van der Waals surface area (Å²) in [5, 5.41) is 47.8. The molecule has 3 aromatic rings. The Morgan fingerprint density at radius 2 is 1.45 bits per heavy atom. The highest BCUT2D eigenvalue weighted by molar-refractivity contribution is 5.83. The van der Waals surface area contributed by atoms with Gasteiger partial charge < -0.3 is 29.9 Å². The van der Waals surface area contributed by atoms with Crippen molar-refractivity contribution in [1.82, 2.24) is 0 Å². The van der Waals surface area contributed by atoms with Gasteiger partial charge >= 0.3 is 0 Å². The van der Waals surface area contributed by atoms with Gasteiger partial charge in [-0.25, -0.2) is 0 Å². The number of benzene rings is 2. The summed E-state index contributed by atoms with van der Waals surface area (Å²) in [6.07, 6.45) is 0. The molecule has 0 saturated heterocycles. The summed E-state index contributed by atoms with van der Waals surface area (Å²) < 4.78 is 5.38. The number of hydrogen-bond donors (Lipinski definition) is 5. The Kier molecular flexibility index (Phi) is 2.84. The van der Waals surface area contributed by atoms with Gasteiger partial charge in [-0.2, -0.15) is 0 Å². The van der Waals surface area contributed by atoms with E-state index in [9.17, 15) is 30.3 Å². The maximum Gasteiger partial charge on any atom is 0.235 e. The van der Waals surface area contributed by atoms with Crippen LogP contribution in [0.5, 0.6) is 28.7 Å². The summed E-state index contributed by atoms with van der Waals surface area (Å²) in [5.74, 6) is -3.19. The Balaban J connectivity index is 2.36. The van der Waals surface area contributed by atoms with Gasteiger partial charge in [-0.05, 0) is 24.3 Å². The van der Waals surface area contributed by atoms with Crippen LogP contribution in [0, 0.1) is 0 Å². The normalized spacial score (nSPS) is 10.9. The van der Waals surface area contributed by atoms with Crippen LogP contribution in [0.4, 0.5) is 0 Å². The Morgan fingerprint density at radius 3 is 2.09 bits per heavy atom. The second kappa shape index (κ2) is 4.59. The Bertz CT molecular complexity index is 933. The molecule has 7 heteroatoms. The highest BCUT2D eigenvalue weighted by Crippen LogP contribution is 2.41. The number of phenolic OH excluding ortho intramolecular Hbond substituents is 4. The third-order valence-electron chi connectivity index (χ3n) is 3.18. The molecule has 3 rings (SSSR count). The molecule has 0 saturated carbocycles. The monoisotopic (exact) mass is 302 g/mol. The molecule has 112 valence electrons. The molecule has 0 bridgehead atoms. The maximum absolute atomic E-state index is 12.1. The predicted octanol–water partition coefficient (Wildman–Crippen LogP) is 1.99. The fourth-order valence-electron chi connectivity index (χ4n) is 2.10.